The van der Waals surface area contributed by atoms with Gasteiger partial charge in [0, 0.05) is 57.6 Å². The van der Waals surface area contributed by atoms with Crippen LogP contribution >= 0.6 is 0 Å². The van der Waals surface area contributed by atoms with Gasteiger partial charge in [-0.05, 0) is 134 Å². The molecule has 1 saturated heterocycles. The molecular formula is C39H49N3O2. The van der Waals surface area contributed by atoms with E-state index < -0.39 is 0 Å². The van der Waals surface area contributed by atoms with Crippen LogP contribution in [-0.2, 0) is 6.54 Å². The summed E-state index contributed by atoms with van der Waals surface area (Å²) >= 11 is 0. The van der Waals surface area contributed by atoms with Gasteiger partial charge in [-0.15, -0.1) is 0 Å². The number of amides is 1. The summed E-state index contributed by atoms with van der Waals surface area (Å²) in [5.74, 6) is 3.86. The van der Waals surface area contributed by atoms with E-state index in [0.717, 1.165) is 68.3 Å². The zero-order valence-corrected chi connectivity index (χ0v) is 26.9. The standard InChI is InChI=1S/C39H49N3O2/c1-4-44-36-7-5-6-34(22-36)37-13-8-29(18-28(37)2)26-41-14-16-42(17-15-41)35-11-9-33(10-12-35)38(43)40(3)27-39-23-30-19-31(24-39)21-32(20-30)25-39/h5-13,18,22,30-32H,4,14-17,19-21,23-27H2,1-3H3. The minimum atomic E-state index is 0.181. The van der Waals surface area contributed by atoms with E-state index in [1.54, 1.807) is 0 Å². The molecule has 3 aromatic carbocycles. The average Bonchev–Trinajstić information content (AvgIpc) is 3.01. The van der Waals surface area contributed by atoms with E-state index in [2.05, 4.69) is 77.4 Å². The van der Waals surface area contributed by atoms with E-state index in [0.29, 0.717) is 12.0 Å². The molecule has 5 nitrogen and oxygen atoms in total. The monoisotopic (exact) mass is 591 g/mol. The average molecular weight is 592 g/mol. The van der Waals surface area contributed by atoms with E-state index in [1.807, 2.05) is 24.9 Å². The van der Waals surface area contributed by atoms with Crippen LogP contribution in [0.4, 0.5) is 5.69 Å². The quantitative estimate of drug-likeness (QED) is 0.256. The summed E-state index contributed by atoms with van der Waals surface area (Å²) in [6.45, 7) is 10.9. The fourth-order valence-electron chi connectivity index (χ4n) is 9.58. The SMILES string of the molecule is CCOc1cccc(-c2ccc(CN3CCN(c4ccc(C(=O)N(C)CC56CC7CC(CC(C7)C5)C6)cc4)CC3)cc2C)c1. The molecule has 0 N–H and O–H groups in total. The van der Waals surface area contributed by atoms with Crippen molar-refractivity contribution in [2.75, 3.05) is 51.3 Å². The molecule has 8 rings (SSSR count). The Kier molecular flexibility index (Phi) is 8.17. The fraction of sp³-hybridized carbons (Fsp3) is 0.513. The van der Waals surface area contributed by atoms with Crippen molar-refractivity contribution < 1.29 is 9.53 Å². The summed E-state index contributed by atoms with van der Waals surface area (Å²) in [6, 6.07) is 23.7. The third-order valence-corrected chi connectivity index (χ3v) is 11.1. The maximum absolute atomic E-state index is 13.4. The molecule has 1 amide bonds. The van der Waals surface area contributed by atoms with Gasteiger partial charge in [0.1, 0.15) is 5.75 Å². The van der Waals surface area contributed by atoms with Crippen LogP contribution in [0, 0.1) is 30.1 Å². The summed E-state index contributed by atoms with van der Waals surface area (Å²) in [4.78, 5) is 20.5. The number of carbonyl (C=O) groups excluding carboxylic acids is 1. The maximum Gasteiger partial charge on any atom is 0.253 e. The lowest BCUT2D eigenvalue weighted by molar-refractivity contribution is -0.0629. The van der Waals surface area contributed by atoms with E-state index in [1.165, 1.54) is 66.5 Å². The summed E-state index contributed by atoms with van der Waals surface area (Å²) in [5.41, 5.74) is 7.56. The van der Waals surface area contributed by atoms with Gasteiger partial charge in [0.05, 0.1) is 6.61 Å². The van der Waals surface area contributed by atoms with Crippen LogP contribution in [0.1, 0.15) is 66.9 Å². The second kappa shape index (κ2) is 12.2. The molecule has 5 fully saturated rings. The van der Waals surface area contributed by atoms with Crippen LogP contribution in [0.5, 0.6) is 5.75 Å². The van der Waals surface area contributed by atoms with Gasteiger partial charge in [-0.25, -0.2) is 0 Å². The molecule has 5 aliphatic rings. The summed E-state index contributed by atoms with van der Waals surface area (Å²) in [6.07, 6.45) is 8.38. The second-order valence-corrected chi connectivity index (χ2v) is 14.5. The van der Waals surface area contributed by atoms with Gasteiger partial charge in [-0.1, -0.05) is 30.3 Å². The van der Waals surface area contributed by atoms with Crippen molar-refractivity contribution in [2.45, 2.75) is 58.9 Å². The Morgan fingerprint density at radius 1 is 0.886 bits per heavy atom. The molecule has 232 valence electrons. The van der Waals surface area contributed by atoms with Gasteiger partial charge in [0.25, 0.3) is 5.91 Å². The number of hydrogen-bond acceptors (Lipinski definition) is 4. The van der Waals surface area contributed by atoms with Gasteiger partial charge in [-0.3, -0.25) is 9.69 Å². The number of anilines is 1. The lowest BCUT2D eigenvalue weighted by Crippen LogP contribution is -2.51. The highest BCUT2D eigenvalue weighted by Gasteiger charge is 2.51. The maximum atomic E-state index is 13.4. The Bertz CT molecular complexity index is 1440. The number of nitrogens with zero attached hydrogens (tertiary/aromatic N) is 3. The van der Waals surface area contributed by atoms with Gasteiger partial charge in [0.2, 0.25) is 0 Å². The molecule has 4 aliphatic carbocycles. The molecule has 0 unspecified atom stereocenters. The van der Waals surface area contributed by atoms with Gasteiger partial charge >= 0.3 is 0 Å². The van der Waals surface area contributed by atoms with Gasteiger partial charge in [0.15, 0.2) is 0 Å². The van der Waals surface area contributed by atoms with Crippen LogP contribution in [0.15, 0.2) is 66.7 Å². The minimum absolute atomic E-state index is 0.181. The smallest absolute Gasteiger partial charge is 0.253 e. The Hall–Kier alpha value is -3.31. The van der Waals surface area contributed by atoms with Crippen molar-refractivity contribution in [3.63, 3.8) is 0 Å². The molecule has 0 aromatic heterocycles. The van der Waals surface area contributed by atoms with E-state index in [9.17, 15) is 4.79 Å². The van der Waals surface area contributed by atoms with Crippen molar-refractivity contribution in [1.29, 1.82) is 0 Å². The summed E-state index contributed by atoms with van der Waals surface area (Å²) in [5, 5.41) is 0. The van der Waals surface area contributed by atoms with Crippen LogP contribution in [0.3, 0.4) is 0 Å². The lowest BCUT2D eigenvalue weighted by atomic mass is 9.49. The molecule has 3 aromatic rings. The molecule has 1 aliphatic heterocycles. The van der Waals surface area contributed by atoms with Crippen molar-refractivity contribution >= 4 is 11.6 Å². The number of carbonyl (C=O) groups is 1. The number of piperazine rings is 1. The number of ether oxygens (including phenoxy) is 1. The van der Waals surface area contributed by atoms with Crippen molar-refractivity contribution in [3.8, 4) is 16.9 Å². The first-order valence-electron chi connectivity index (χ1n) is 17.0. The lowest BCUT2D eigenvalue weighted by Gasteiger charge is -2.57. The summed E-state index contributed by atoms with van der Waals surface area (Å²) in [7, 11) is 2.03. The van der Waals surface area contributed by atoms with Crippen LogP contribution < -0.4 is 9.64 Å². The number of rotatable bonds is 9. The Morgan fingerprint density at radius 2 is 1.57 bits per heavy atom. The molecule has 4 saturated carbocycles. The second-order valence-electron chi connectivity index (χ2n) is 14.5. The molecule has 0 radical (unpaired) electrons. The van der Waals surface area contributed by atoms with E-state index >= 15 is 0 Å². The van der Waals surface area contributed by atoms with E-state index in [-0.39, 0.29) is 5.91 Å². The highest BCUT2D eigenvalue weighted by Crippen LogP contribution is 2.60. The highest BCUT2D eigenvalue weighted by atomic mass is 16.5. The third kappa shape index (κ3) is 6.13. The minimum Gasteiger partial charge on any atom is -0.494 e. The Labute approximate surface area is 264 Å². The van der Waals surface area contributed by atoms with Crippen molar-refractivity contribution in [2.24, 2.45) is 23.2 Å². The Balaban J connectivity index is 0.915. The van der Waals surface area contributed by atoms with Crippen LogP contribution in [-0.4, -0.2) is 62.1 Å². The largest absolute Gasteiger partial charge is 0.494 e. The summed E-state index contributed by atoms with van der Waals surface area (Å²) < 4.78 is 5.71. The molecule has 5 heteroatoms. The zero-order valence-electron chi connectivity index (χ0n) is 26.9. The highest BCUT2D eigenvalue weighted by molar-refractivity contribution is 5.94. The van der Waals surface area contributed by atoms with Crippen LogP contribution in [0.25, 0.3) is 11.1 Å². The topological polar surface area (TPSA) is 36.0 Å². The predicted molar refractivity (Wildman–Crippen MR) is 179 cm³/mol. The van der Waals surface area contributed by atoms with Crippen molar-refractivity contribution in [1.82, 2.24) is 9.80 Å². The molecular weight excluding hydrogens is 542 g/mol. The first-order valence-corrected chi connectivity index (χ1v) is 17.0. The number of aryl methyl sites for hydroxylation is 1. The predicted octanol–water partition coefficient (Wildman–Crippen LogP) is 7.67. The third-order valence-electron chi connectivity index (χ3n) is 11.1. The number of benzene rings is 3. The van der Waals surface area contributed by atoms with E-state index in [4.69, 9.17) is 4.74 Å². The van der Waals surface area contributed by atoms with Gasteiger partial charge in [-0.2, -0.15) is 0 Å². The molecule has 4 bridgehead atoms. The number of hydrogen-bond donors (Lipinski definition) is 0. The Morgan fingerprint density at radius 3 is 2.20 bits per heavy atom. The molecule has 1 heterocycles. The van der Waals surface area contributed by atoms with Crippen LogP contribution in [0.2, 0.25) is 0 Å². The molecule has 0 atom stereocenters. The zero-order chi connectivity index (χ0) is 30.3. The van der Waals surface area contributed by atoms with Crippen molar-refractivity contribution in [3.05, 3.63) is 83.4 Å². The molecule has 44 heavy (non-hydrogen) atoms. The molecule has 0 spiro atoms. The van der Waals surface area contributed by atoms with Gasteiger partial charge < -0.3 is 14.5 Å². The first-order chi connectivity index (χ1) is 21.4. The normalized spacial score (nSPS) is 26.2. The first kappa shape index (κ1) is 29.4. The fourth-order valence-corrected chi connectivity index (χ4v) is 9.58.